The molecule has 0 aromatic rings. The number of rotatable bonds is 0. The highest BCUT2D eigenvalue weighted by Crippen LogP contribution is 2.29. The van der Waals surface area contributed by atoms with E-state index >= 15 is 0 Å². The molecule has 0 bridgehead atoms. The second kappa shape index (κ2) is 6.16. The van der Waals surface area contributed by atoms with Gasteiger partial charge in [-0.3, -0.25) is 0 Å². The average Bonchev–Trinajstić information content (AvgIpc) is 2.54. The Labute approximate surface area is 104 Å². The summed E-state index contributed by atoms with van der Waals surface area (Å²) < 4.78 is 32.6. The van der Waals surface area contributed by atoms with Crippen molar-refractivity contribution in [2.24, 2.45) is 0 Å². The molecule has 100 valence electrons. The topological polar surface area (TPSA) is 52.6 Å². The molecule has 1 saturated carbocycles. The van der Waals surface area contributed by atoms with Gasteiger partial charge in [0.25, 0.3) is 0 Å². The van der Waals surface area contributed by atoms with Gasteiger partial charge in [0.15, 0.2) is 0 Å². The molecule has 2 fully saturated rings. The summed E-state index contributed by atoms with van der Waals surface area (Å²) in [7, 11) is -3.70. The predicted octanol–water partition coefficient (Wildman–Crippen LogP) is 2.93. The highest BCUT2D eigenvalue weighted by molar-refractivity contribution is 7.82. The van der Waals surface area contributed by atoms with E-state index in [0.717, 1.165) is 25.7 Å². The third kappa shape index (κ3) is 4.23. The van der Waals surface area contributed by atoms with Gasteiger partial charge >= 0.3 is 10.4 Å². The standard InChI is InChI=1S/C12H22O4S/c13-17(14)15-11-9-7-5-3-1-2-4-6-8-10-12(11)16-17/h11-12H,1-10H2/t11-,12+. The van der Waals surface area contributed by atoms with Crippen LogP contribution in [0, 0.1) is 0 Å². The van der Waals surface area contributed by atoms with Crippen molar-refractivity contribution in [1.82, 2.24) is 0 Å². The second-order valence-corrected chi connectivity index (χ2v) is 6.28. The molecule has 0 aromatic carbocycles. The van der Waals surface area contributed by atoms with Crippen LogP contribution in [-0.4, -0.2) is 20.6 Å². The van der Waals surface area contributed by atoms with Crippen LogP contribution in [0.1, 0.15) is 64.2 Å². The average molecular weight is 262 g/mol. The first-order valence-corrected chi connectivity index (χ1v) is 8.12. The van der Waals surface area contributed by atoms with Crippen molar-refractivity contribution in [2.45, 2.75) is 76.4 Å². The molecular weight excluding hydrogens is 240 g/mol. The Hall–Kier alpha value is -0.130. The molecular formula is C12H22O4S. The van der Waals surface area contributed by atoms with E-state index in [2.05, 4.69) is 0 Å². The molecule has 1 saturated heterocycles. The Balaban J connectivity index is 1.91. The van der Waals surface area contributed by atoms with Crippen molar-refractivity contribution in [2.75, 3.05) is 0 Å². The Morgan fingerprint density at radius 2 is 1.00 bits per heavy atom. The quantitative estimate of drug-likeness (QED) is 0.673. The van der Waals surface area contributed by atoms with Gasteiger partial charge in [-0.15, -0.1) is 0 Å². The summed E-state index contributed by atoms with van der Waals surface area (Å²) in [5.74, 6) is 0. The fraction of sp³-hybridized carbons (Fsp3) is 1.00. The summed E-state index contributed by atoms with van der Waals surface area (Å²) in [4.78, 5) is 0. The molecule has 0 spiro atoms. The van der Waals surface area contributed by atoms with Crippen LogP contribution >= 0.6 is 0 Å². The lowest BCUT2D eigenvalue weighted by Gasteiger charge is -2.15. The van der Waals surface area contributed by atoms with Gasteiger partial charge in [0.2, 0.25) is 0 Å². The lowest BCUT2D eigenvalue weighted by molar-refractivity contribution is 0.133. The zero-order valence-electron chi connectivity index (χ0n) is 10.3. The Bertz CT molecular complexity index is 299. The molecule has 0 aromatic heterocycles. The summed E-state index contributed by atoms with van der Waals surface area (Å²) in [6.45, 7) is 0. The minimum Gasteiger partial charge on any atom is -0.242 e. The second-order valence-electron chi connectivity index (χ2n) is 5.08. The highest BCUT2D eigenvalue weighted by atomic mass is 32.3. The SMILES string of the molecule is O=S1(=O)O[C@H]2CCCCCCCCCC[C@H]2O1. The van der Waals surface area contributed by atoms with Gasteiger partial charge in [0.05, 0.1) is 0 Å². The van der Waals surface area contributed by atoms with Crippen LogP contribution < -0.4 is 0 Å². The van der Waals surface area contributed by atoms with Crippen molar-refractivity contribution < 1.29 is 16.8 Å². The smallest absolute Gasteiger partial charge is 0.242 e. The fourth-order valence-corrected chi connectivity index (χ4v) is 3.76. The van der Waals surface area contributed by atoms with E-state index in [0.29, 0.717) is 0 Å². The molecule has 2 aliphatic rings. The molecule has 17 heavy (non-hydrogen) atoms. The fourth-order valence-electron chi connectivity index (χ4n) is 2.67. The third-order valence-electron chi connectivity index (χ3n) is 3.62. The van der Waals surface area contributed by atoms with E-state index in [1.165, 1.54) is 38.5 Å². The lowest BCUT2D eigenvalue weighted by Crippen LogP contribution is -2.22. The van der Waals surface area contributed by atoms with Crippen molar-refractivity contribution in [3.05, 3.63) is 0 Å². The van der Waals surface area contributed by atoms with Gasteiger partial charge in [-0.25, -0.2) is 8.37 Å². The number of hydrogen-bond acceptors (Lipinski definition) is 4. The molecule has 0 unspecified atom stereocenters. The van der Waals surface area contributed by atoms with Crippen LogP contribution in [-0.2, 0) is 18.8 Å². The molecule has 0 amide bonds. The van der Waals surface area contributed by atoms with Crippen LogP contribution in [0.2, 0.25) is 0 Å². The summed E-state index contributed by atoms with van der Waals surface area (Å²) in [6.07, 6.45) is 10.7. The highest BCUT2D eigenvalue weighted by Gasteiger charge is 2.39. The zero-order chi connectivity index (χ0) is 12.1. The largest absolute Gasteiger partial charge is 0.400 e. The number of hydrogen-bond donors (Lipinski definition) is 0. The molecule has 1 heterocycles. The first-order chi connectivity index (χ1) is 8.17. The summed E-state index contributed by atoms with van der Waals surface area (Å²) >= 11 is 0. The maximum atomic E-state index is 11.3. The predicted molar refractivity (Wildman–Crippen MR) is 64.8 cm³/mol. The van der Waals surface area contributed by atoms with E-state index in [1.807, 2.05) is 0 Å². The molecule has 1 aliphatic heterocycles. The number of fused-ring (bicyclic) bond motifs is 1. The van der Waals surface area contributed by atoms with Crippen LogP contribution in [0.25, 0.3) is 0 Å². The van der Waals surface area contributed by atoms with Crippen molar-refractivity contribution in [3.8, 4) is 0 Å². The maximum absolute atomic E-state index is 11.3. The van der Waals surface area contributed by atoms with Gasteiger partial charge in [0, 0.05) is 0 Å². The van der Waals surface area contributed by atoms with Crippen LogP contribution in [0.5, 0.6) is 0 Å². The van der Waals surface area contributed by atoms with Crippen LogP contribution in [0.15, 0.2) is 0 Å². The molecule has 2 rings (SSSR count). The van der Waals surface area contributed by atoms with Gasteiger partial charge in [-0.2, -0.15) is 8.42 Å². The van der Waals surface area contributed by atoms with Gasteiger partial charge in [-0.1, -0.05) is 51.4 Å². The Kier molecular flexibility index (Phi) is 4.82. The van der Waals surface area contributed by atoms with Crippen LogP contribution in [0.4, 0.5) is 0 Å². The monoisotopic (exact) mass is 262 g/mol. The molecule has 5 heteroatoms. The van der Waals surface area contributed by atoms with E-state index < -0.39 is 10.4 Å². The van der Waals surface area contributed by atoms with Gasteiger partial charge < -0.3 is 0 Å². The third-order valence-corrected chi connectivity index (χ3v) is 4.59. The van der Waals surface area contributed by atoms with Crippen molar-refractivity contribution >= 4 is 10.4 Å². The van der Waals surface area contributed by atoms with Gasteiger partial charge in [-0.05, 0) is 12.8 Å². The molecule has 0 radical (unpaired) electrons. The molecule has 2 atom stereocenters. The molecule has 4 nitrogen and oxygen atoms in total. The first-order valence-electron chi connectivity index (χ1n) is 6.79. The molecule has 0 N–H and O–H groups in total. The van der Waals surface area contributed by atoms with E-state index in [1.54, 1.807) is 0 Å². The minimum atomic E-state index is -3.70. The Morgan fingerprint density at radius 1 is 0.647 bits per heavy atom. The zero-order valence-corrected chi connectivity index (χ0v) is 11.1. The van der Waals surface area contributed by atoms with Crippen molar-refractivity contribution in [3.63, 3.8) is 0 Å². The van der Waals surface area contributed by atoms with E-state index in [4.69, 9.17) is 8.37 Å². The normalized spacial score (nSPS) is 35.5. The van der Waals surface area contributed by atoms with Crippen molar-refractivity contribution in [1.29, 1.82) is 0 Å². The van der Waals surface area contributed by atoms with Crippen LogP contribution in [0.3, 0.4) is 0 Å². The minimum absolute atomic E-state index is 0.237. The Morgan fingerprint density at radius 3 is 1.41 bits per heavy atom. The van der Waals surface area contributed by atoms with E-state index in [-0.39, 0.29) is 12.2 Å². The maximum Gasteiger partial charge on any atom is 0.400 e. The van der Waals surface area contributed by atoms with Gasteiger partial charge in [0.1, 0.15) is 12.2 Å². The first kappa shape index (κ1) is 13.3. The summed E-state index contributed by atoms with van der Waals surface area (Å²) in [5.41, 5.74) is 0. The van der Waals surface area contributed by atoms with E-state index in [9.17, 15) is 8.42 Å². The summed E-state index contributed by atoms with van der Waals surface area (Å²) in [6, 6.07) is 0. The molecule has 1 aliphatic carbocycles. The lowest BCUT2D eigenvalue weighted by atomic mass is 9.98. The summed E-state index contributed by atoms with van der Waals surface area (Å²) in [5, 5.41) is 0.